The topological polar surface area (TPSA) is 15.3 Å². The Balaban J connectivity index is 2.02. The lowest BCUT2D eigenvalue weighted by atomic mass is 9.94. The van der Waals surface area contributed by atoms with Gasteiger partial charge in [-0.15, -0.1) is 0 Å². The Bertz CT molecular complexity index is 761. The van der Waals surface area contributed by atoms with Crippen LogP contribution in [0.1, 0.15) is 28.3 Å². The summed E-state index contributed by atoms with van der Waals surface area (Å²) in [7, 11) is 0. The van der Waals surface area contributed by atoms with E-state index in [-0.39, 0.29) is 0 Å². The predicted octanol–water partition coefficient (Wildman–Crippen LogP) is 4.72. The van der Waals surface area contributed by atoms with Gasteiger partial charge in [0.2, 0.25) is 0 Å². The van der Waals surface area contributed by atoms with Crippen molar-refractivity contribution in [1.82, 2.24) is 10.2 Å². The fourth-order valence-corrected chi connectivity index (χ4v) is 3.29. The molecule has 146 valence electrons. The van der Waals surface area contributed by atoms with Gasteiger partial charge in [-0.05, 0) is 35.4 Å². The minimum absolute atomic E-state index is 0.409. The second-order valence-electron chi connectivity index (χ2n) is 6.43. The van der Waals surface area contributed by atoms with Crippen LogP contribution in [-0.4, -0.2) is 31.1 Å². The van der Waals surface area contributed by atoms with Crippen molar-refractivity contribution in [2.24, 2.45) is 0 Å². The third kappa shape index (κ3) is 4.62. The summed E-state index contributed by atoms with van der Waals surface area (Å²) in [5, 5.41) is 3.17. The van der Waals surface area contributed by atoms with Crippen LogP contribution in [0.2, 0.25) is 0 Å². The molecule has 0 radical (unpaired) electrons. The van der Waals surface area contributed by atoms with Crippen LogP contribution < -0.4 is 5.32 Å². The SMILES string of the molecule is FC(F)(F)c1ccc(C(c2cccc(C(F)(F)F)c2)N2CCNCC2)cc1. The van der Waals surface area contributed by atoms with Gasteiger partial charge in [0.05, 0.1) is 17.2 Å². The molecule has 2 aromatic rings. The number of alkyl halides is 6. The van der Waals surface area contributed by atoms with E-state index in [1.165, 1.54) is 18.2 Å². The summed E-state index contributed by atoms with van der Waals surface area (Å²) < 4.78 is 77.9. The first-order valence-electron chi connectivity index (χ1n) is 8.45. The van der Waals surface area contributed by atoms with Crippen molar-refractivity contribution in [3.8, 4) is 0 Å². The Kier molecular flexibility index (Phi) is 5.48. The van der Waals surface area contributed by atoms with Gasteiger partial charge in [-0.25, -0.2) is 0 Å². The summed E-state index contributed by atoms with van der Waals surface area (Å²) in [6.07, 6.45) is -8.94. The molecule has 0 saturated carbocycles. The first kappa shape index (κ1) is 19.7. The number of benzene rings is 2. The van der Waals surface area contributed by atoms with Crippen molar-refractivity contribution in [1.29, 1.82) is 0 Å². The van der Waals surface area contributed by atoms with E-state index in [2.05, 4.69) is 5.32 Å². The summed E-state index contributed by atoms with van der Waals surface area (Å²) in [6.45, 7) is 2.50. The second-order valence-corrected chi connectivity index (χ2v) is 6.43. The summed E-state index contributed by atoms with van der Waals surface area (Å²) in [4.78, 5) is 1.98. The molecule has 1 N–H and O–H groups in total. The molecule has 1 aliphatic heterocycles. The molecule has 0 bridgehead atoms. The summed E-state index contributed by atoms with van der Waals surface area (Å²) >= 11 is 0. The molecular formula is C19H18F6N2. The lowest BCUT2D eigenvalue weighted by molar-refractivity contribution is -0.138. The van der Waals surface area contributed by atoms with Crippen LogP contribution >= 0.6 is 0 Å². The fraction of sp³-hybridized carbons (Fsp3) is 0.368. The number of halogens is 6. The molecule has 1 fully saturated rings. The van der Waals surface area contributed by atoms with E-state index in [1.54, 1.807) is 6.07 Å². The number of nitrogens with zero attached hydrogens (tertiary/aromatic N) is 1. The molecule has 8 heteroatoms. The average molecular weight is 388 g/mol. The van der Waals surface area contributed by atoms with Crippen molar-refractivity contribution in [3.05, 3.63) is 70.8 Å². The van der Waals surface area contributed by atoms with Gasteiger partial charge in [-0.1, -0.05) is 24.3 Å². The van der Waals surface area contributed by atoms with E-state index in [0.717, 1.165) is 24.3 Å². The Morgan fingerprint density at radius 2 is 1.33 bits per heavy atom. The Hall–Kier alpha value is -2.06. The maximum absolute atomic E-state index is 13.1. The zero-order valence-corrected chi connectivity index (χ0v) is 14.2. The van der Waals surface area contributed by atoms with Gasteiger partial charge in [0, 0.05) is 26.2 Å². The summed E-state index contributed by atoms with van der Waals surface area (Å²) in [5.74, 6) is 0. The lowest BCUT2D eigenvalue weighted by Crippen LogP contribution is -2.45. The number of nitrogens with one attached hydrogen (secondary N) is 1. The van der Waals surface area contributed by atoms with Gasteiger partial charge >= 0.3 is 12.4 Å². The molecule has 0 spiro atoms. The van der Waals surface area contributed by atoms with Crippen molar-refractivity contribution in [2.75, 3.05) is 26.2 Å². The Morgan fingerprint density at radius 1 is 0.741 bits per heavy atom. The van der Waals surface area contributed by atoms with E-state index in [0.29, 0.717) is 37.3 Å². The minimum Gasteiger partial charge on any atom is -0.314 e. The second kappa shape index (κ2) is 7.52. The Morgan fingerprint density at radius 3 is 1.89 bits per heavy atom. The van der Waals surface area contributed by atoms with E-state index in [9.17, 15) is 26.3 Å². The number of piperazine rings is 1. The van der Waals surface area contributed by atoms with Gasteiger partial charge in [-0.2, -0.15) is 26.3 Å². The van der Waals surface area contributed by atoms with Crippen LogP contribution in [0.5, 0.6) is 0 Å². The van der Waals surface area contributed by atoms with Crippen LogP contribution in [0.15, 0.2) is 48.5 Å². The van der Waals surface area contributed by atoms with Crippen molar-refractivity contribution < 1.29 is 26.3 Å². The van der Waals surface area contributed by atoms with E-state index in [4.69, 9.17) is 0 Å². The molecule has 27 heavy (non-hydrogen) atoms. The van der Waals surface area contributed by atoms with Crippen molar-refractivity contribution in [2.45, 2.75) is 18.4 Å². The van der Waals surface area contributed by atoms with E-state index >= 15 is 0 Å². The van der Waals surface area contributed by atoms with Gasteiger partial charge in [0.25, 0.3) is 0 Å². The summed E-state index contributed by atoms with van der Waals surface area (Å²) in [6, 6.07) is 9.06. The monoisotopic (exact) mass is 388 g/mol. The third-order valence-corrected chi connectivity index (χ3v) is 4.60. The largest absolute Gasteiger partial charge is 0.416 e. The maximum atomic E-state index is 13.1. The first-order valence-corrected chi connectivity index (χ1v) is 8.45. The summed E-state index contributed by atoms with van der Waals surface area (Å²) in [5.41, 5.74) is -0.614. The smallest absolute Gasteiger partial charge is 0.314 e. The van der Waals surface area contributed by atoms with Gasteiger partial charge < -0.3 is 5.32 Å². The lowest BCUT2D eigenvalue weighted by Gasteiger charge is -2.36. The van der Waals surface area contributed by atoms with E-state index in [1.807, 2.05) is 4.90 Å². The minimum atomic E-state index is -4.48. The van der Waals surface area contributed by atoms with Gasteiger partial charge in [0.15, 0.2) is 0 Å². The molecule has 1 atom stereocenters. The normalized spacial score (nSPS) is 17.7. The predicted molar refractivity (Wildman–Crippen MR) is 89.2 cm³/mol. The quantitative estimate of drug-likeness (QED) is 0.766. The number of hydrogen-bond donors (Lipinski definition) is 1. The van der Waals surface area contributed by atoms with Gasteiger partial charge in [-0.3, -0.25) is 4.90 Å². The zero-order chi connectivity index (χ0) is 19.7. The molecule has 2 aromatic carbocycles. The molecule has 2 nitrogen and oxygen atoms in total. The maximum Gasteiger partial charge on any atom is 0.416 e. The van der Waals surface area contributed by atoms with Crippen molar-refractivity contribution >= 4 is 0 Å². The van der Waals surface area contributed by atoms with Crippen LogP contribution in [0.4, 0.5) is 26.3 Å². The number of rotatable bonds is 3. The molecule has 1 saturated heterocycles. The highest BCUT2D eigenvalue weighted by molar-refractivity contribution is 5.37. The molecule has 3 rings (SSSR count). The Labute approximate surface area is 152 Å². The zero-order valence-electron chi connectivity index (χ0n) is 14.2. The number of hydrogen-bond acceptors (Lipinski definition) is 2. The fourth-order valence-electron chi connectivity index (χ4n) is 3.29. The molecule has 0 aliphatic carbocycles. The standard InChI is InChI=1S/C19H18F6N2/c20-18(21,22)15-6-4-13(5-7-15)17(27-10-8-26-9-11-27)14-2-1-3-16(12-14)19(23,24)25/h1-7,12,17,26H,8-11H2. The highest BCUT2D eigenvalue weighted by Crippen LogP contribution is 2.36. The highest BCUT2D eigenvalue weighted by Gasteiger charge is 2.33. The molecular weight excluding hydrogens is 370 g/mol. The first-order chi connectivity index (χ1) is 12.7. The van der Waals surface area contributed by atoms with Crippen LogP contribution in [0.25, 0.3) is 0 Å². The molecule has 0 aromatic heterocycles. The molecule has 1 heterocycles. The molecule has 1 aliphatic rings. The van der Waals surface area contributed by atoms with Crippen LogP contribution in [-0.2, 0) is 12.4 Å². The van der Waals surface area contributed by atoms with Gasteiger partial charge in [0.1, 0.15) is 0 Å². The van der Waals surface area contributed by atoms with Crippen molar-refractivity contribution in [3.63, 3.8) is 0 Å². The third-order valence-electron chi connectivity index (χ3n) is 4.60. The molecule has 1 unspecified atom stereocenters. The van der Waals surface area contributed by atoms with Crippen LogP contribution in [0, 0.1) is 0 Å². The highest BCUT2D eigenvalue weighted by atomic mass is 19.4. The molecule has 0 amide bonds. The average Bonchev–Trinajstić information content (AvgIpc) is 2.62. The van der Waals surface area contributed by atoms with Crippen LogP contribution in [0.3, 0.4) is 0 Å². The van der Waals surface area contributed by atoms with E-state index < -0.39 is 29.5 Å².